The number of hydrogen-bond donors (Lipinski definition) is 0. The van der Waals surface area contributed by atoms with E-state index in [1.165, 1.54) is 18.7 Å². The number of aryl methyl sites for hydroxylation is 2. The molecule has 4 aromatic rings. The van der Waals surface area contributed by atoms with E-state index >= 15 is 0 Å². The summed E-state index contributed by atoms with van der Waals surface area (Å²) in [5, 5.41) is 5.46. The van der Waals surface area contributed by atoms with Crippen LogP contribution in [0.2, 0.25) is 0 Å². The number of fused-ring (bicyclic) bond motifs is 1. The van der Waals surface area contributed by atoms with Crippen molar-refractivity contribution in [2.75, 3.05) is 33.9 Å². The molecule has 35 heavy (non-hydrogen) atoms. The van der Waals surface area contributed by atoms with Gasteiger partial charge in [0.15, 0.2) is 11.6 Å². The molecule has 1 fully saturated rings. The van der Waals surface area contributed by atoms with Gasteiger partial charge in [-0.3, -0.25) is 9.25 Å². The number of likely N-dealkylation sites (tertiary alicyclic amines) is 1. The molecule has 0 unspecified atom stereocenters. The summed E-state index contributed by atoms with van der Waals surface area (Å²) < 4.78 is 28.8. The second-order valence-corrected chi connectivity index (χ2v) is 9.19. The van der Waals surface area contributed by atoms with Gasteiger partial charge in [0.25, 0.3) is 0 Å². The number of aromatic nitrogens is 4. The highest BCUT2D eigenvalue weighted by molar-refractivity contribution is 5.84. The Morgan fingerprint density at radius 2 is 1.91 bits per heavy atom. The lowest BCUT2D eigenvalue weighted by Crippen LogP contribution is -2.37. The molecule has 184 valence electrons. The van der Waals surface area contributed by atoms with Crippen LogP contribution < -0.4 is 4.74 Å². The molecule has 0 bridgehead atoms. The van der Waals surface area contributed by atoms with Gasteiger partial charge in [-0.2, -0.15) is 5.10 Å². The minimum Gasteiger partial charge on any atom is -0.494 e. The van der Waals surface area contributed by atoms with E-state index in [2.05, 4.69) is 26.8 Å². The molecule has 4 heterocycles. The van der Waals surface area contributed by atoms with Crippen LogP contribution in [0.1, 0.15) is 24.8 Å². The number of halogens is 1. The number of hydrogen-bond acceptors (Lipinski definition) is 5. The SMILES string of the molecule is COc1ccc(-c2ccc3c(CCCN4CCC(OC)CC4)cn(-c4cnn(C)c4)c3n2)cc1F. The van der Waals surface area contributed by atoms with E-state index in [1.807, 2.05) is 38.7 Å². The van der Waals surface area contributed by atoms with E-state index in [9.17, 15) is 4.39 Å². The quantitative estimate of drug-likeness (QED) is 0.371. The van der Waals surface area contributed by atoms with Crippen LogP contribution in [0.4, 0.5) is 4.39 Å². The van der Waals surface area contributed by atoms with Crippen molar-refractivity contribution in [3.8, 4) is 22.7 Å². The van der Waals surface area contributed by atoms with Crippen LogP contribution in [-0.2, 0) is 18.2 Å². The fraction of sp³-hybridized carbons (Fsp3) is 0.407. The van der Waals surface area contributed by atoms with Crippen LogP contribution in [0.15, 0.2) is 48.9 Å². The summed E-state index contributed by atoms with van der Waals surface area (Å²) in [6.45, 7) is 3.27. The number of piperidine rings is 1. The second kappa shape index (κ2) is 10.2. The first kappa shape index (κ1) is 23.5. The normalized spacial score (nSPS) is 15.2. The van der Waals surface area contributed by atoms with Gasteiger partial charge in [-0.05, 0) is 68.1 Å². The van der Waals surface area contributed by atoms with Crippen molar-refractivity contribution in [1.29, 1.82) is 0 Å². The molecule has 0 radical (unpaired) electrons. The van der Waals surface area contributed by atoms with Gasteiger partial charge in [0, 0.05) is 50.6 Å². The Morgan fingerprint density at radius 3 is 2.60 bits per heavy atom. The van der Waals surface area contributed by atoms with E-state index in [1.54, 1.807) is 10.7 Å². The first-order valence-corrected chi connectivity index (χ1v) is 12.1. The van der Waals surface area contributed by atoms with Gasteiger partial charge in [-0.15, -0.1) is 0 Å². The maximum atomic E-state index is 14.4. The zero-order valence-electron chi connectivity index (χ0n) is 20.6. The third-order valence-electron chi connectivity index (χ3n) is 6.94. The van der Waals surface area contributed by atoms with Gasteiger partial charge < -0.3 is 14.4 Å². The number of benzene rings is 1. The summed E-state index contributed by atoms with van der Waals surface area (Å²) in [6.07, 6.45) is 10.6. The zero-order valence-corrected chi connectivity index (χ0v) is 20.6. The third-order valence-corrected chi connectivity index (χ3v) is 6.94. The van der Waals surface area contributed by atoms with Crippen molar-refractivity contribution in [2.24, 2.45) is 7.05 Å². The minimum atomic E-state index is -0.398. The van der Waals surface area contributed by atoms with Gasteiger partial charge in [0.1, 0.15) is 5.65 Å². The van der Waals surface area contributed by atoms with Gasteiger partial charge in [0.2, 0.25) is 0 Å². The summed E-state index contributed by atoms with van der Waals surface area (Å²) in [7, 11) is 5.18. The third kappa shape index (κ3) is 4.94. The largest absolute Gasteiger partial charge is 0.494 e. The average molecular weight is 478 g/mol. The van der Waals surface area contributed by atoms with Crippen molar-refractivity contribution < 1.29 is 13.9 Å². The summed E-state index contributed by atoms with van der Waals surface area (Å²) in [4.78, 5) is 7.49. The molecule has 1 aromatic carbocycles. The van der Waals surface area contributed by atoms with Gasteiger partial charge in [0.05, 0.1) is 30.8 Å². The Kier molecular flexibility index (Phi) is 6.83. The first-order valence-electron chi connectivity index (χ1n) is 12.1. The summed E-state index contributed by atoms with van der Waals surface area (Å²) in [5.74, 6) is -0.174. The first-order chi connectivity index (χ1) is 17.1. The number of rotatable bonds is 8. The molecule has 8 heteroatoms. The van der Waals surface area contributed by atoms with E-state index in [4.69, 9.17) is 14.5 Å². The summed E-state index contributed by atoms with van der Waals surface area (Å²) in [5.41, 5.74) is 4.49. The Hall–Kier alpha value is -3.23. The van der Waals surface area contributed by atoms with Crippen molar-refractivity contribution in [3.63, 3.8) is 0 Å². The molecule has 7 nitrogen and oxygen atoms in total. The topological polar surface area (TPSA) is 57.3 Å². The van der Waals surface area contributed by atoms with Crippen molar-refractivity contribution in [2.45, 2.75) is 31.8 Å². The van der Waals surface area contributed by atoms with E-state index in [0.717, 1.165) is 67.7 Å². The van der Waals surface area contributed by atoms with Gasteiger partial charge >= 0.3 is 0 Å². The highest BCUT2D eigenvalue weighted by atomic mass is 19.1. The van der Waals surface area contributed by atoms with E-state index in [0.29, 0.717) is 11.7 Å². The van der Waals surface area contributed by atoms with Crippen molar-refractivity contribution in [1.82, 2.24) is 24.2 Å². The lowest BCUT2D eigenvalue weighted by Gasteiger charge is -2.31. The molecule has 0 saturated carbocycles. The summed E-state index contributed by atoms with van der Waals surface area (Å²) >= 11 is 0. The predicted octanol–water partition coefficient (Wildman–Crippen LogP) is 4.62. The number of ether oxygens (including phenoxy) is 2. The monoisotopic (exact) mass is 477 g/mol. The van der Waals surface area contributed by atoms with Crippen molar-refractivity contribution in [3.05, 3.63) is 60.3 Å². The summed E-state index contributed by atoms with van der Waals surface area (Å²) in [6, 6.07) is 9.01. The standard InChI is InChI=1S/C27H32FN5O2/c1-31-18-21(16-29-31)33-17-20(5-4-12-32-13-10-22(34-2)11-14-32)23-7-8-25(30-27(23)33)19-6-9-26(35-3)24(28)15-19/h6-9,15-18,22H,4-5,10-14H2,1-3H3. The molecule has 3 aromatic heterocycles. The van der Waals surface area contributed by atoms with Crippen molar-refractivity contribution >= 4 is 11.0 Å². The van der Waals surface area contributed by atoms with Gasteiger partial charge in [-0.1, -0.05) is 0 Å². The Labute approximate surface area is 205 Å². The zero-order chi connectivity index (χ0) is 24.4. The van der Waals surface area contributed by atoms with Crippen LogP contribution in [-0.4, -0.2) is 64.2 Å². The number of nitrogens with zero attached hydrogens (tertiary/aromatic N) is 5. The van der Waals surface area contributed by atoms with E-state index in [-0.39, 0.29) is 5.75 Å². The van der Waals surface area contributed by atoms with Crippen LogP contribution in [0.5, 0.6) is 5.75 Å². The maximum Gasteiger partial charge on any atom is 0.165 e. The highest BCUT2D eigenvalue weighted by Gasteiger charge is 2.19. The van der Waals surface area contributed by atoms with Crippen LogP contribution >= 0.6 is 0 Å². The molecule has 1 aliphatic rings. The molecule has 0 atom stereocenters. The smallest absolute Gasteiger partial charge is 0.165 e. The molecular formula is C27H32FN5O2. The second-order valence-electron chi connectivity index (χ2n) is 9.19. The number of pyridine rings is 1. The molecule has 0 aliphatic carbocycles. The van der Waals surface area contributed by atoms with E-state index < -0.39 is 5.82 Å². The minimum absolute atomic E-state index is 0.224. The molecule has 0 N–H and O–H groups in total. The predicted molar refractivity (Wildman–Crippen MR) is 135 cm³/mol. The van der Waals surface area contributed by atoms with Gasteiger partial charge in [-0.25, -0.2) is 9.37 Å². The molecule has 0 amide bonds. The Balaban J connectivity index is 1.42. The highest BCUT2D eigenvalue weighted by Crippen LogP contribution is 2.30. The maximum absolute atomic E-state index is 14.4. The lowest BCUT2D eigenvalue weighted by molar-refractivity contribution is 0.0409. The molecular weight excluding hydrogens is 445 g/mol. The fourth-order valence-corrected chi connectivity index (χ4v) is 4.95. The lowest BCUT2D eigenvalue weighted by atomic mass is 10.1. The average Bonchev–Trinajstić information content (AvgIpc) is 3.47. The fourth-order valence-electron chi connectivity index (χ4n) is 4.95. The molecule has 1 aliphatic heterocycles. The Bertz CT molecular complexity index is 1310. The Morgan fingerprint density at radius 1 is 1.09 bits per heavy atom. The molecule has 0 spiro atoms. The van der Waals surface area contributed by atoms with Crippen LogP contribution in [0.3, 0.4) is 0 Å². The number of methoxy groups -OCH3 is 2. The van der Waals surface area contributed by atoms with Crippen LogP contribution in [0.25, 0.3) is 28.0 Å². The molecule has 5 rings (SSSR count). The van der Waals surface area contributed by atoms with Crippen LogP contribution in [0, 0.1) is 5.82 Å². The molecule has 1 saturated heterocycles.